The van der Waals surface area contributed by atoms with Crippen molar-refractivity contribution in [2.45, 2.75) is 47.1 Å². The number of aryl methyl sites for hydroxylation is 2. The second-order valence-electron chi connectivity index (χ2n) is 7.54. The van der Waals surface area contributed by atoms with Gasteiger partial charge >= 0.3 is 0 Å². The van der Waals surface area contributed by atoms with Crippen LogP contribution >= 0.6 is 22.6 Å². The molecule has 1 N–H and O–H groups in total. The lowest BCUT2D eigenvalue weighted by molar-refractivity contribution is 0.0358. The highest BCUT2D eigenvalue weighted by Gasteiger charge is 2.30. The SMILES string of the molecule is Cc1cc(C)cc(C(=O)N(NC(=O)c2cccc(I)c2C)C(C)(C)C)c1. The van der Waals surface area contributed by atoms with E-state index in [9.17, 15) is 9.59 Å². The smallest absolute Gasteiger partial charge is 0.267 e. The van der Waals surface area contributed by atoms with Gasteiger partial charge in [0, 0.05) is 14.7 Å². The summed E-state index contributed by atoms with van der Waals surface area (Å²) in [7, 11) is 0. The van der Waals surface area contributed by atoms with E-state index in [4.69, 9.17) is 0 Å². The van der Waals surface area contributed by atoms with Gasteiger partial charge in [0.2, 0.25) is 0 Å². The third-order valence-corrected chi connectivity index (χ3v) is 5.24. The van der Waals surface area contributed by atoms with E-state index in [-0.39, 0.29) is 11.8 Å². The highest BCUT2D eigenvalue weighted by atomic mass is 127. The van der Waals surface area contributed by atoms with E-state index in [0.717, 1.165) is 20.3 Å². The fraction of sp³-hybridized carbons (Fsp3) is 0.333. The Hall–Kier alpha value is -1.89. The zero-order valence-corrected chi connectivity index (χ0v) is 18.3. The second kappa shape index (κ2) is 7.78. The summed E-state index contributed by atoms with van der Waals surface area (Å²) in [4.78, 5) is 26.0. The van der Waals surface area contributed by atoms with Crippen molar-refractivity contribution < 1.29 is 9.59 Å². The van der Waals surface area contributed by atoms with E-state index >= 15 is 0 Å². The molecule has 0 aliphatic heterocycles. The molecule has 26 heavy (non-hydrogen) atoms. The van der Waals surface area contributed by atoms with Crippen molar-refractivity contribution >= 4 is 34.4 Å². The molecular weight excluding hydrogens is 439 g/mol. The first-order valence-corrected chi connectivity index (χ1v) is 9.57. The lowest BCUT2D eigenvalue weighted by atomic mass is 10.0. The molecule has 138 valence electrons. The van der Waals surface area contributed by atoms with Crippen LogP contribution in [0.1, 0.15) is 58.2 Å². The molecule has 0 unspecified atom stereocenters. The highest BCUT2D eigenvalue weighted by Crippen LogP contribution is 2.20. The lowest BCUT2D eigenvalue weighted by Crippen LogP contribution is -2.56. The number of rotatable bonds is 2. The average Bonchev–Trinajstić information content (AvgIpc) is 2.52. The Balaban J connectivity index is 2.38. The maximum absolute atomic E-state index is 13.1. The molecule has 2 aromatic rings. The average molecular weight is 464 g/mol. The Labute approximate surface area is 169 Å². The van der Waals surface area contributed by atoms with Crippen LogP contribution in [0.3, 0.4) is 0 Å². The number of hydrogen-bond donors (Lipinski definition) is 1. The van der Waals surface area contributed by atoms with E-state index in [2.05, 4.69) is 28.0 Å². The van der Waals surface area contributed by atoms with Crippen molar-refractivity contribution in [1.29, 1.82) is 0 Å². The van der Waals surface area contributed by atoms with Crippen LogP contribution in [-0.2, 0) is 0 Å². The van der Waals surface area contributed by atoms with Gasteiger partial charge in [0.1, 0.15) is 0 Å². The number of carbonyl (C=O) groups is 2. The van der Waals surface area contributed by atoms with E-state index in [0.29, 0.717) is 11.1 Å². The monoisotopic (exact) mass is 464 g/mol. The van der Waals surface area contributed by atoms with E-state index in [1.54, 1.807) is 6.07 Å². The molecule has 2 amide bonds. The van der Waals surface area contributed by atoms with E-state index < -0.39 is 5.54 Å². The Morgan fingerprint density at radius 3 is 2.12 bits per heavy atom. The Bertz CT molecular complexity index is 833. The minimum atomic E-state index is -0.569. The molecule has 0 saturated heterocycles. The second-order valence-corrected chi connectivity index (χ2v) is 8.70. The zero-order valence-electron chi connectivity index (χ0n) is 16.1. The number of nitrogens with zero attached hydrogens (tertiary/aromatic N) is 1. The molecule has 4 nitrogen and oxygen atoms in total. The van der Waals surface area contributed by atoms with Gasteiger partial charge in [0.05, 0.1) is 5.54 Å². The minimum Gasteiger partial charge on any atom is -0.267 e. The topological polar surface area (TPSA) is 49.4 Å². The van der Waals surface area contributed by atoms with Crippen molar-refractivity contribution in [3.8, 4) is 0 Å². The maximum Gasteiger partial charge on any atom is 0.272 e. The molecule has 0 aliphatic carbocycles. The molecule has 2 aromatic carbocycles. The Morgan fingerprint density at radius 1 is 1.00 bits per heavy atom. The number of hydrazine groups is 1. The summed E-state index contributed by atoms with van der Waals surface area (Å²) in [6, 6.07) is 11.3. The largest absolute Gasteiger partial charge is 0.272 e. The summed E-state index contributed by atoms with van der Waals surface area (Å²) in [6.07, 6.45) is 0. The summed E-state index contributed by atoms with van der Waals surface area (Å²) in [5.41, 5.74) is 6.32. The maximum atomic E-state index is 13.1. The first kappa shape index (κ1) is 20.4. The molecule has 5 heteroatoms. The number of carbonyl (C=O) groups excluding carboxylic acids is 2. The van der Waals surface area contributed by atoms with Crippen molar-refractivity contribution in [3.63, 3.8) is 0 Å². The zero-order chi connectivity index (χ0) is 19.6. The molecule has 0 spiro atoms. The Morgan fingerprint density at radius 2 is 1.58 bits per heavy atom. The fourth-order valence-electron chi connectivity index (χ4n) is 2.77. The molecule has 0 radical (unpaired) electrons. The number of amides is 2. The molecule has 0 atom stereocenters. The number of benzene rings is 2. The van der Waals surface area contributed by atoms with Crippen LogP contribution < -0.4 is 5.43 Å². The van der Waals surface area contributed by atoms with Gasteiger partial charge in [-0.25, -0.2) is 5.01 Å². The predicted octanol–water partition coefficient (Wildman–Crippen LogP) is 4.80. The number of hydrogen-bond acceptors (Lipinski definition) is 2. The Kier molecular flexibility index (Phi) is 6.11. The highest BCUT2D eigenvalue weighted by molar-refractivity contribution is 14.1. The van der Waals surface area contributed by atoms with Crippen LogP contribution in [0.25, 0.3) is 0 Å². The molecule has 2 rings (SSSR count). The first-order valence-electron chi connectivity index (χ1n) is 8.49. The summed E-state index contributed by atoms with van der Waals surface area (Å²) >= 11 is 2.20. The third kappa shape index (κ3) is 4.63. The predicted molar refractivity (Wildman–Crippen MR) is 113 cm³/mol. The standard InChI is InChI=1S/C21H25IN2O2/c1-13-10-14(2)12-16(11-13)20(26)24(21(4,5)6)23-19(25)17-8-7-9-18(22)15(17)3/h7-12H,1-6H3,(H,23,25). The lowest BCUT2D eigenvalue weighted by Gasteiger charge is -2.35. The quantitative estimate of drug-likeness (QED) is 0.513. The van der Waals surface area contributed by atoms with Crippen molar-refractivity contribution in [2.24, 2.45) is 0 Å². The van der Waals surface area contributed by atoms with Crippen LogP contribution in [0.5, 0.6) is 0 Å². The molecule has 0 heterocycles. The van der Waals surface area contributed by atoms with Crippen LogP contribution in [0.15, 0.2) is 36.4 Å². The van der Waals surface area contributed by atoms with Crippen molar-refractivity contribution in [1.82, 2.24) is 10.4 Å². The van der Waals surface area contributed by atoms with Gasteiger partial charge in [-0.1, -0.05) is 23.3 Å². The summed E-state index contributed by atoms with van der Waals surface area (Å²) in [5, 5.41) is 1.42. The van der Waals surface area contributed by atoms with Gasteiger partial charge < -0.3 is 0 Å². The molecule has 0 saturated carbocycles. The van der Waals surface area contributed by atoms with Crippen LogP contribution in [0, 0.1) is 24.3 Å². The van der Waals surface area contributed by atoms with E-state index in [1.165, 1.54) is 5.01 Å². The van der Waals surface area contributed by atoms with Crippen LogP contribution in [0.2, 0.25) is 0 Å². The molecule has 0 fully saturated rings. The van der Waals surface area contributed by atoms with Gasteiger partial charge in [0.25, 0.3) is 11.8 Å². The summed E-state index contributed by atoms with van der Waals surface area (Å²) < 4.78 is 1.01. The van der Waals surface area contributed by atoms with Crippen LogP contribution in [-0.4, -0.2) is 22.4 Å². The van der Waals surface area contributed by atoms with Gasteiger partial charge in [0.15, 0.2) is 0 Å². The van der Waals surface area contributed by atoms with Gasteiger partial charge in [-0.15, -0.1) is 0 Å². The van der Waals surface area contributed by atoms with Crippen molar-refractivity contribution in [2.75, 3.05) is 0 Å². The first-order chi connectivity index (χ1) is 12.0. The summed E-state index contributed by atoms with van der Waals surface area (Å²) in [5.74, 6) is -0.505. The normalized spacial score (nSPS) is 11.2. The molecular formula is C21H25IN2O2. The van der Waals surface area contributed by atoms with E-state index in [1.807, 2.05) is 71.9 Å². The van der Waals surface area contributed by atoms with Gasteiger partial charge in [-0.3, -0.25) is 15.0 Å². The minimum absolute atomic E-state index is 0.221. The number of halogens is 1. The van der Waals surface area contributed by atoms with Crippen molar-refractivity contribution in [3.05, 3.63) is 67.8 Å². The summed E-state index contributed by atoms with van der Waals surface area (Å²) in [6.45, 7) is 11.5. The van der Waals surface area contributed by atoms with Gasteiger partial charge in [-0.2, -0.15) is 0 Å². The van der Waals surface area contributed by atoms with Crippen LogP contribution in [0.4, 0.5) is 0 Å². The molecule has 0 aromatic heterocycles. The molecule has 0 aliphatic rings. The molecule has 0 bridgehead atoms. The third-order valence-electron chi connectivity index (χ3n) is 4.07. The fourth-order valence-corrected chi connectivity index (χ4v) is 3.26. The number of nitrogens with one attached hydrogen (secondary N) is 1. The van der Waals surface area contributed by atoms with Gasteiger partial charge in [-0.05, 0) is 94.0 Å².